The molecule has 2 heteroatoms. The van der Waals surface area contributed by atoms with E-state index < -0.39 is 0 Å². The van der Waals surface area contributed by atoms with Crippen LogP contribution < -0.4 is 5.73 Å². The van der Waals surface area contributed by atoms with Gasteiger partial charge in [0.25, 0.3) is 0 Å². The van der Waals surface area contributed by atoms with Gasteiger partial charge in [-0.2, -0.15) is 0 Å². The summed E-state index contributed by atoms with van der Waals surface area (Å²) in [5, 5.41) is 0. The van der Waals surface area contributed by atoms with Gasteiger partial charge in [-0.25, -0.2) is 0 Å². The first kappa shape index (κ1) is 18.7. The molecule has 124 valence electrons. The molecule has 2 aliphatic carbocycles. The van der Waals surface area contributed by atoms with Crippen molar-refractivity contribution < 1.29 is 4.79 Å². The van der Waals surface area contributed by atoms with Gasteiger partial charge in [-0.15, -0.1) is 0 Å². The lowest BCUT2D eigenvalue weighted by atomic mass is 9.62. The van der Waals surface area contributed by atoms with Crippen molar-refractivity contribution in [3.63, 3.8) is 0 Å². The Balaban J connectivity index is 0.00000106. The molecule has 2 nitrogen and oxygen atoms in total. The van der Waals surface area contributed by atoms with Crippen LogP contribution in [0.25, 0.3) is 0 Å². The van der Waals surface area contributed by atoms with E-state index in [1.54, 1.807) is 0 Å². The fourth-order valence-electron chi connectivity index (χ4n) is 4.23. The lowest BCUT2D eigenvalue weighted by Crippen LogP contribution is -2.37. The second kappa shape index (κ2) is 8.92. The van der Waals surface area contributed by atoms with Crippen molar-refractivity contribution in [1.29, 1.82) is 0 Å². The molecule has 1 unspecified atom stereocenters. The SMILES string of the molecule is CC.CC(C)C(=O)C(N)CC1CCC2(CCCCC2)CC1. The van der Waals surface area contributed by atoms with Gasteiger partial charge < -0.3 is 5.73 Å². The quantitative estimate of drug-likeness (QED) is 0.784. The molecular formula is C19H37NO. The Labute approximate surface area is 132 Å². The summed E-state index contributed by atoms with van der Waals surface area (Å²) in [6.07, 6.45) is 13.5. The molecule has 2 fully saturated rings. The Kier molecular flexibility index (Phi) is 7.94. The summed E-state index contributed by atoms with van der Waals surface area (Å²) >= 11 is 0. The first-order valence-corrected chi connectivity index (χ1v) is 9.32. The summed E-state index contributed by atoms with van der Waals surface area (Å²) in [7, 11) is 0. The maximum absolute atomic E-state index is 11.9. The fraction of sp³-hybridized carbons (Fsp3) is 0.947. The van der Waals surface area contributed by atoms with Crippen LogP contribution in [0.15, 0.2) is 0 Å². The van der Waals surface area contributed by atoms with Crippen molar-refractivity contribution in [2.24, 2.45) is 23.0 Å². The predicted octanol–water partition coefficient (Wildman–Crippen LogP) is 5.10. The Morgan fingerprint density at radius 1 is 1.05 bits per heavy atom. The number of Topliss-reactive ketones (excluding diaryl/α,β-unsaturated/α-hetero) is 1. The monoisotopic (exact) mass is 295 g/mol. The Hall–Kier alpha value is -0.370. The lowest BCUT2D eigenvalue weighted by molar-refractivity contribution is -0.123. The molecule has 0 aliphatic heterocycles. The number of rotatable bonds is 4. The predicted molar refractivity (Wildman–Crippen MR) is 91.3 cm³/mol. The van der Waals surface area contributed by atoms with E-state index >= 15 is 0 Å². The fourth-order valence-corrected chi connectivity index (χ4v) is 4.23. The summed E-state index contributed by atoms with van der Waals surface area (Å²) in [5.41, 5.74) is 6.75. The topological polar surface area (TPSA) is 43.1 Å². The first-order chi connectivity index (χ1) is 10.0. The molecule has 1 spiro atoms. The van der Waals surface area contributed by atoms with E-state index in [0.29, 0.717) is 11.3 Å². The van der Waals surface area contributed by atoms with Crippen LogP contribution in [0.3, 0.4) is 0 Å². The van der Waals surface area contributed by atoms with Crippen LogP contribution in [0.5, 0.6) is 0 Å². The summed E-state index contributed by atoms with van der Waals surface area (Å²) in [6, 6.07) is -0.217. The molecule has 0 heterocycles. The van der Waals surface area contributed by atoms with Gasteiger partial charge in [-0.1, -0.05) is 47.0 Å². The molecule has 2 N–H and O–H groups in total. The van der Waals surface area contributed by atoms with Gasteiger partial charge in [-0.3, -0.25) is 4.79 Å². The number of nitrogens with two attached hydrogens (primary N) is 1. The van der Waals surface area contributed by atoms with Crippen LogP contribution in [0.4, 0.5) is 0 Å². The van der Waals surface area contributed by atoms with Crippen molar-refractivity contribution in [2.45, 2.75) is 97.9 Å². The first-order valence-electron chi connectivity index (χ1n) is 9.32. The molecule has 2 rings (SSSR count). The van der Waals surface area contributed by atoms with Gasteiger partial charge in [0, 0.05) is 5.92 Å². The second-order valence-electron chi connectivity index (χ2n) is 7.40. The Morgan fingerprint density at radius 3 is 2.05 bits per heavy atom. The third-order valence-corrected chi connectivity index (χ3v) is 5.60. The van der Waals surface area contributed by atoms with Gasteiger partial charge in [0.2, 0.25) is 0 Å². The number of ketones is 1. The average Bonchev–Trinajstić information content (AvgIpc) is 2.52. The van der Waals surface area contributed by atoms with Gasteiger partial charge in [0.05, 0.1) is 6.04 Å². The van der Waals surface area contributed by atoms with Crippen LogP contribution in [-0.4, -0.2) is 11.8 Å². The molecular weight excluding hydrogens is 258 g/mol. The molecule has 0 aromatic rings. The Morgan fingerprint density at radius 2 is 1.57 bits per heavy atom. The van der Waals surface area contributed by atoms with Gasteiger partial charge in [0.1, 0.15) is 0 Å². The summed E-state index contributed by atoms with van der Waals surface area (Å²) < 4.78 is 0. The van der Waals surface area contributed by atoms with E-state index in [4.69, 9.17) is 5.73 Å². The van der Waals surface area contributed by atoms with Crippen molar-refractivity contribution in [3.8, 4) is 0 Å². The Bertz CT molecular complexity index is 295. The van der Waals surface area contributed by atoms with E-state index in [9.17, 15) is 4.79 Å². The highest BCUT2D eigenvalue weighted by Gasteiger charge is 2.36. The third-order valence-electron chi connectivity index (χ3n) is 5.60. The average molecular weight is 296 g/mol. The van der Waals surface area contributed by atoms with Crippen LogP contribution in [0.1, 0.15) is 91.9 Å². The minimum Gasteiger partial charge on any atom is -0.321 e. The number of carbonyl (C=O) groups is 1. The van der Waals surface area contributed by atoms with Crippen LogP contribution in [-0.2, 0) is 4.79 Å². The molecule has 0 radical (unpaired) electrons. The number of carbonyl (C=O) groups excluding carboxylic acids is 1. The van der Waals surface area contributed by atoms with E-state index in [-0.39, 0.29) is 17.7 Å². The molecule has 0 bridgehead atoms. The van der Waals surface area contributed by atoms with Gasteiger partial charge >= 0.3 is 0 Å². The van der Waals surface area contributed by atoms with E-state index in [0.717, 1.165) is 6.42 Å². The molecule has 0 amide bonds. The van der Waals surface area contributed by atoms with E-state index in [2.05, 4.69) is 0 Å². The highest BCUT2D eigenvalue weighted by Crippen LogP contribution is 2.49. The maximum atomic E-state index is 11.9. The minimum atomic E-state index is -0.217. The summed E-state index contributed by atoms with van der Waals surface area (Å²) in [6.45, 7) is 7.92. The van der Waals surface area contributed by atoms with Crippen LogP contribution in [0, 0.1) is 17.3 Å². The molecule has 0 aromatic carbocycles. The zero-order chi connectivity index (χ0) is 15.9. The highest BCUT2D eigenvalue weighted by atomic mass is 16.1. The molecule has 21 heavy (non-hydrogen) atoms. The molecule has 2 saturated carbocycles. The zero-order valence-electron chi connectivity index (χ0n) is 14.8. The van der Waals surface area contributed by atoms with Gasteiger partial charge in [-0.05, 0) is 56.3 Å². The second-order valence-corrected chi connectivity index (χ2v) is 7.40. The van der Waals surface area contributed by atoms with E-state index in [1.807, 2.05) is 27.7 Å². The number of hydrogen-bond donors (Lipinski definition) is 1. The lowest BCUT2D eigenvalue weighted by Gasteiger charge is -2.43. The smallest absolute Gasteiger partial charge is 0.152 e. The van der Waals surface area contributed by atoms with E-state index in [1.165, 1.54) is 57.8 Å². The molecule has 0 aromatic heterocycles. The highest BCUT2D eigenvalue weighted by molar-refractivity contribution is 5.85. The van der Waals surface area contributed by atoms with Crippen molar-refractivity contribution >= 4 is 5.78 Å². The third kappa shape index (κ3) is 5.39. The molecule has 1 atom stereocenters. The van der Waals surface area contributed by atoms with Crippen molar-refractivity contribution in [3.05, 3.63) is 0 Å². The summed E-state index contributed by atoms with van der Waals surface area (Å²) in [5.74, 6) is 1.03. The normalized spacial score (nSPS) is 23.5. The standard InChI is InChI=1S/C17H31NO.C2H6/c1-13(2)16(19)15(18)12-14-6-10-17(11-7-14)8-4-3-5-9-17;1-2/h13-15H,3-12,18H2,1-2H3;1-2H3. The molecule has 2 aliphatic rings. The molecule has 0 saturated heterocycles. The number of hydrogen-bond acceptors (Lipinski definition) is 2. The zero-order valence-corrected chi connectivity index (χ0v) is 14.8. The van der Waals surface area contributed by atoms with Crippen LogP contribution in [0.2, 0.25) is 0 Å². The van der Waals surface area contributed by atoms with Crippen molar-refractivity contribution in [2.75, 3.05) is 0 Å². The van der Waals surface area contributed by atoms with Crippen molar-refractivity contribution in [1.82, 2.24) is 0 Å². The largest absolute Gasteiger partial charge is 0.321 e. The maximum Gasteiger partial charge on any atom is 0.152 e. The summed E-state index contributed by atoms with van der Waals surface area (Å²) in [4.78, 5) is 11.9. The van der Waals surface area contributed by atoms with Gasteiger partial charge in [0.15, 0.2) is 5.78 Å². The minimum absolute atomic E-state index is 0.0864. The van der Waals surface area contributed by atoms with Crippen LogP contribution >= 0.6 is 0 Å².